The molecule has 0 aliphatic carbocycles. The molecule has 74 valence electrons. The van der Waals surface area contributed by atoms with Crippen LogP contribution in [0, 0.1) is 6.92 Å². The first-order chi connectivity index (χ1) is 6.68. The summed E-state index contributed by atoms with van der Waals surface area (Å²) in [5.41, 5.74) is 0. The fraction of sp³-hybridized carbons (Fsp3) is 0.400. The number of rotatable bonds is 2. The second-order valence-electron chi connectivity index (χ2n) is 3.57. The van der Waals surface area contributed by atoms with Gasteiger partial charge in [-0.3, -0.25) is 0 Å². The Balaban J connectivity index is 2.46. The zero-order valence-electron chi connectivity index (χ0n) is 8.56. The molecule has 4 heteroatoms. The summed E-state index contributed by atoms with van der Waals surface area (Å²) in [4.78, 5) is 2.49. The summed E-state index contributed by atoms with van der Waals surface area (Å²) in [7, 11) is 0. The maximum atomic E-state index is 4.14. The molecule has 0 aliphatic rings. The first-order valence-corrected chi connectivity index (χ1v) is 5.46. The Kier molecular flexibility index (Phi) is 2.37. The minimum Gasteiger partial charge on any atom is -0.310 e. The topological polar surface area (TPSA) is 30.7 Å². The molecule has 0 aliphatic heterocycles. The third-order valence-corrected chi connectivity index (χ3v) is 3.09. The molecule has 0 unspecified atom stereocenters. The van der Waals surface area contributed by atoms with Crippen LogP contribution in [-0.4, -0.2) is 14.8 Å². The van der Waals surface area contributed by atoms with E-state index in [9.17, 15) is 0 Å². The zero-order chi connectivity index (χ0) is 10.1. The van der Waals surface area contributed by atoms with Crippen molar-refractivity contribution < 1.29 is 0 Å². The van der Waals surface area contributed by atoms with Crippen molar-refractivity contribution in [1.82, 2.24) is 14.8 Å². The molecule has 0 saturated carbocycles. The molecule has 0 bridgehead atoms. The van der Waals surface area contributed by atoms with Gasteiger partial charge in [0.05, 0.1) is 4.88 Å². The van der Waals surface area contributed by atoms with Crippen LogP contribution in [0.5, 0.6) is 0 Å². The normalized spacial score (nSPS) is 11.1. The van der Waals surface area contributed by atoms with Crippen LogP contribution < -0.4 is 0 Å². The minimum atomic E-state index is 0.405. The fourth-order valence-corrected chi connectivity index (χ4v) is 2.21. The summed E-state index contributed by atoms with van der Waals surface area (Å²) in [6.45, 7) is 6.37. The lowest BCUT2D eigenvalue weighted by Crippen LogP contribution is -2.00. The van der Waals surface area contributed by atoms with Crippen LogP contribution in [0.15, 0.2) is 18.5 Å². The third-order valence-electron chi connectivity index (χ3n) is 2.09. The molecule has 3 nitrogen and oxygen atoms in total. The maximum Gasteiger partial charge on any atom is 0.174 e. The van der Waals surface area contributed by atoms with Crippen LogP contribution >= 0.6 is 11.3 Å². The van der Waals surface area contributed by atoms with Crippen molar-refractivity contribution in [3.8, 4) is 10.7 Å². The number of aryl methyl sites for hydroxylation is 1. The van der Waals surface area contributed by atoms with Gasteiger partial charge in [0, 0.05) is 10.9 Å². The van der Waals surface area contributed by atoms with Crippen molar-refractivity contribution in [3.63, 3.8) is 0 Å². The Bertz CT molecular complexity index is 428. The van der Waals surface area contributed by atoms with Gasteiger partial charge in [-0.05, 0) is 32.9 Å². The Labute approximate surface area is 87.4 Å². The standard InChI is InChI=1S/C10H13N3S/c1-7(2)13-6-11-12-10(13)9-5-4-8(3)14-9/h4-7H,1-3H3. The molecule has 14 heavy (non-hydrogen) atoms. The average molecular weight is 207 g/mol. The van der Waals surface area contributed by atoms with Crippen molar-refractivity contribution in [1.29, 1.82) is 0 Å². The molecule has 2 aromatic rings. The summed E-state index contributed by atoms with van der Waals surface area (Å²) < 4.78 is 2.09. The number of nitrogens with zero attached hydrogens (tertiary/aromatic N) is 3. The number of hydrogen-bond donors (Lipinski definition) is 0. The van der Waals surface area contributed by atoms with Crippen molar-refractivity contribution in [3.05, 3.63) is 23.3 Å². The lowest BCUT2D eigenvalue weighted by Gasteiger charge is -2.07. The van der Waals surface area contributed by atoms with Gasteiger partial charge in [0.15, 0.2) is 5.82 Å². The molecule has 0 atom stereocenters. The predicted octanol–water partition coefficient (Wildman–Crippen LogP) is 2.90. The molecule has 0 amide bonds. The minimum absolute atomic E-state index is 0.405. The van der Waals surface area contributed by atoms with Crippen LogP contribution in [0.25, 0.3) is 10.7 Å². The van der Waals surface area contributed by atoms with Crippen molar-refractivity contribution in [2.24, 2.45) is 0 Å². The highest BCUT2D eigenvalue weighted by Crippen LogP contribution is 2.27. The molecule has 0 saturated heterocycles. The van der Waals surface area contributed by atoms with E-state index >= 15 is 0 Å². The van der Waals surface area contributed by atoms with E-state index in [2.05, 4.69) is 47.7 Å². The number of hydrogen-bond acceptors (Lipinski definition) is 3. The van der Waals surface area contributed by atoms with E-state index in [4.69, 9.17) is 0 Å². The fourth-order valence-electron chi connectivity index (χ4n) is 1.35. The first kappa shape index (κ1) is 9.40. The van der Waals surface area contributed by atoms with E-state index in [1.54, 1.807) is 17.7 Å². The Hall–Kier alpha value is -1.16. The lowest BCUT2D eigenvalue weighted by atomic mass is 10.3. The van der Waals surface area contributed by atoms with Crippen LogP contribution in [0.3, 0.4) is 0 Å². The van der Waals surface area contributed by atoms with Gasteiger partial charge < -0.3 is 4.57 Å². The van der Waals surface area contributed by atoms with E-state index in [1.165, 1.54) is 9.75 Å². The zero-order valence-corrected chi connectivity index (χ0v) is 9.38. The quantitative estimate of drug-likeness (QED) is 0.758. The smallest absolute Gasteiger partial charge is 0.174 e. The summed E-state index contributed by atoms with van der Waals surface area (Å²) >= 11 is 1.75. The van der Waals surface area contributed by atoms with E-state index in [-0.39, 0.29) is 0 Å². The Morgan fingerprint density at radius 1 is 1.36 bits per heavy atom. The van der Waals surface area contributed by atoms with Gasteiger partial charge in [-0.1, -0.05) is 0 Å². The van der Waals surface area contributed by atoms with Crippen LogP contribution in [-0.2, 0) is 0 Å². The van der Waals surface area contributed by atoms with Gasteiger partial charge in [-0.15, -0.1) is 21.5 Å². The Morgan fingerprint density at radius 2 is 2.14 bits per heavy atom. The predicted molar refractivity (Wildman–Crippen MR) is 58.5 cm³/mol. The van der Waals surface area contributed by atoms with E-state index < -0.39 is 0 Å². The van der Waals surface area contributed by atoms with Gasteiger partial charge in [-0.2, -0.15) is 0 Å². The van der Waals surface area contributed by atoms with Crippen LogP contribution in [0.1, 0.15) is 24.8 Å². The first-order valence-electron chi connectivity index (χ1n) is 4.65. The average Bonchev–Trinajstić information content (AvgIpc) is 2.70. The highest BCUT2D eigenvalue weighted by atomic mass is 32.1. The second kappa shape index (κ2) is 3.53. The van der Waals surface area contributed by atoms with Crippen LogP contribution in [0.4, 0.5) is 0 Å². The maximum absolute atomic E-state index is 4.14. The molecule has 0 fully saturated rings. The summed E-state index contributed by atoms with van der Waals surface area (Å²) in [6.07, 6.45) is 1.79. The van der Waals surface area contributed by atoms with Gasteiger partial charge in [0.1, 0.15) is 6.33 Å². The summed E-state index contributed by atoms with van der Waals surface area (Å²) in [6, 6.07) is 4.62. The highest BCUT2D eigenvalue weighted by molar-refractivity contribution is 7.15. The summed E-state index contributed by atoms with van der Waals surface area (Å²) in [5.74, 6) is 0.970. The monoisotopic (exact) mass is 207 g/mol. The molecule has 0 spiro atoms. The van der Waals surface area contributed by atoms with Gasteiger partial charge >= 0.3 is 0 Å². The second-order valence-corrected chi connectivity index (χ2v) is 4.85. The SMILES string of the molecule is Cc1ccc(-c2nncn2C(C)C)s1. The van der Waals surface area contributed by atoms with Crippen LogP contribution in [0.2, 0.25) is 0 Å². The third kappa shape index (κ3) is 1.57. The number of aromatic nitrogens is 3. The molecule has 0 radical (unpaired) electrons. The highest BCUT2D eigenvalue weighted by Gasteiger charge is 2.10. The van der Waals surface area contributed by atoms with E-state index in [0.29, 0.717) is 6.04 Å². The molecule has 2 rings (SSSR count). The van der Waals surface area contributed by atoms with E-state index in [0.717, 1.165) is 5.82 Å². The largest absolute Gasteiger partial charge is 0.310 e. The summed E-state index contributed by atoms with van der Waals surface area (Å²) in [5, 5.41) is 8.09. The van der Waals surface area contributed by atoms with Gasteiger partial charge in [-0.25, -0.2) is 0 Å². The lowest BCUT2D eigenvalue weighted by molar-refractivity contribution is 0.604. The molecule has 0 aromatic carbocycles. The molecular formula is C10H13N3S. The van der Waals surface area contributed by atoms with Crippen molar-refractivity contribution >= 4 is 11.3 Å². The number of thiophene rings is 1. The molecular weight excluding hydrogens is 194 g/mol. The Morgan fingerprint density at radius 3 is 2.71 bits per heavy atom. The van der Waals surface area contributed by atoms with Crippen molar-refractivity contribution in [2.75, 3.05) is 0 Å². The van der Waals surface area contributed by atoms with Crippen molar-refractivity contribution in [2.45, 2.75) is 26.8 Å². The van der Waals surface area contributed by atoms with Gasteiger partial charge in [0.25, 0.3) is 0 Å². The molecule has 2 aromatic heterocycles. The molecule has 2 heterocycles. The van der Waals surface area contributed by atoms with Gasteiger partial charge in [0.2, 0.25) is 0 Å². The molecule has 0 N–H and O–H groups in total. The van der Waals surface area contributed by atoms with E-state index in [1.807, 2.05) is 0 Å².